The van der Waals surface area contributed by atoms with E-state index in [0.717, 1.165) is 43.6 Å². The molecule has 0 spiro atoms. The molecule has 1 aromatic heterocycles. The number of carbonyl (C=O) groups excluding carboxylic acids is 2. The second kappa shape index (κ2) is 16.1. The Bertz CT molecular complexity index is 1790. The van der Waals surface area contributed by atoms with Gasteiger partial charge in [0.05, 0.1) is 19.8 Å². The minimum Gasteiger partial charge on any atom is -0.619 e. The monoisotopic (exact) mass is 719 g/mol. The SMILES string of the molecule is COc1ccc(C(Cc2c(Cl)c[n+]([O-])cc2Cl)OC(=O)c2cccc(CN[C@H](C(=O)O[C@H]3CN4CCC3CC4)c3ccccc3)c2)cc1OC. The van der Waals surface area contributed by atoms with Gasteiger partial charge >= 0.3 is 11.9 Å². The number of pyridine rings is 1. The van der Waals surface area contributed by atoms with E-state index in [1.807, 2.05) is 36.4 Å². The average Bonchev–Trinajstić information content (AvgIpc) is 3.13. The first-order valence-corrected chi connectivity index (χ1v) is 17.3. The van der Waals surface area contributed by atoms with Crippen molar-refractivity contribution < 1.29 is 33.3 Å². The lowest BCUT2D eigenvalue weighted by Crippen LogP contribution is -2.52. The van der Waals surface area contributed by atoms with E-state index >= 15 is 0 Å². The van der Waals surface area contributed by atoms with Crippen LogP contribution in [-0.4, -0.2) is 56.8 Å². The van der Waals surface area contributed by atoms with Gasteiger partial charge in [-0.3, -0.25) is 10.2 Å². The molecule has 4 aromatic rings. The van der Waals surface area contributed by atoms with Crippen LogP contribution in [0.2, 0.25) is 10.0 Å². The number of fused-ring (bicyclic) bond motifs is 3. The van der Waals surface area contributed by atoms with E-state index < -0.39 is 18.1 Å². The third-order valence-corrected chi connectivity index (χ3v) is 10.0. The summed E-state index contributed by atoms with van der Waals surface area (Å²) in [7, 11) is 3.04. The highest BCUT2D eigenvalue weighted by Gasteiger charge is 2.38. The molecule has 3 aromatic carbocycles. The Morgan fingerprint density at radius 3 is 2.30 bits per heavy atom. The summed E-state index contributed by atoms with van der Waals surface area (Å²) in [5.41, 5.74) is 2.93. The first-order valence-electron chi connectivity index (χ1n) is 16.5. The molecule has 1 unspecified atom stereocenters. The molecule has 262 valence electrons. The van der Waals surface area contributed by atoms with Gasteiger partial charge in [0.1, 0.15) is 28.3 Å². The summed E-state index contributed by atoms with van der Waals surface area (Å²) in [5, 5.41) is 15.5. The predicted molar refractivity (Wildman–Crippen MR) is 188 cm³/mol. The van der Waals surface area contributed by atoms with Crippen LogP contribution in [0, 0.1) is 11.1 Å². The van der Waals surface area contributed by atoms with E-state index in [9.17, 15) is 14.8 Å². The van der Waals surface area contributed by atoms with Crippen LogP contribution in [-0.2, 0) is 27.2 Å². The maximum Gasteiger partial charge on any atom is 0.338 e. The summed E-state index contributed by atoms with van der Waals surface area (Å²) < 4.78 is 23.6. The van der Waals surface area contributed by atoms with Crippen molar-refractivity contribution in [2.45, 2.75) is 44.1 Å². The molecule has 3 saturated heterocycles. The average molecular weight is 721 g/mol. The zero-order valence-corrected chi connectivity index (χ0v) is 29.4. The number of aromatic nitrogens is 1. The summed E-state index contributed by atoms with van der Waals surface area (Å²) >= 11 is 12.8. The quantitative estimate of drug-likeness (QED) is 0.0973. The molecule has 3 aliphatic heterocycles. The topological polar surface area (TPSA) is 113 Å². The van der Waals surface area contributed by atoms with Crippen LogP contribution in [0.3, 0.4) is 0 Å². The number of esters is 2. The molecule has 2 bridgehead atoms. The number of ether oxygens (including phenoxy) is 4. The summed E-state index contributed by atoms with van der Waals surface area (Å²) in [4.78, 5) is 29.7. The molecule has 7 rings (SSSR count). The van der Waals surface area contributed by atoms with Crippen molar-refractivity contribution in [1.82, 2.24) is 10.2 Å². The van der Waals surface area contributed by atoms with E-state index in [1.165, 1.54) is 26.6 Å². The Labute approximate surface area is 301 Å². The summed E-state index contributed by atoms with van der Waals surface area (Å²) in [6.07, 6.45) is 3.60. The lowest BCUT2D eigenvalue weighted by molar-refractivity contribution is -0.605. The summed E-state index contributed by atoms with van der Waals surface area (Å²) in [6, 6.07) is 21.0. The number of hydrogen-bond acceptors (Lipinski definition) is 9. The number of methoxy groups -OCH3 is 2. The van der Waals surface area contributed by atoms with Crippen LogP contribution in [0.4, 0.5) is 0 Å². The first kappa shape index (κ1) is 35.5. The van der Waals surface area contributed by atoms with Crippen molar-refractivity contribution in [2.24, 2.45) is 5.92 Å². The maximum atomic E-state index is 13.7. The zero-order valence-electron chi connectivity index (χ0n) is 27.9. The molecule has 10 nitrogen and oxygen atoms in total. The molecule has 0 saturated carbocycles. The number of piperidine rings is 3. The van der Waals surface area contributed by atoms with Crippen molar-refractivity contribution in [3.8, 4) is 11.5 Å². The molecular weight excluding hydrogens is 681 g/mol. The van der Waals surface area contributed by atoms with Crippen LogP contribution in [0.15, 0.2) is 85.2 Å². The maximum absolute atomic E-state index is 13.7. The molecular formula is C38H39Cl2N3O7. The van der Waals surface area contributed by atoms with Gasteiger partial charge in [0, 0.05) is 25.1 Å². The molecule has 3 aliphatic rings. The first-order chi connectivity index (χ1) is 24.2. The summed E-state index contributed by atoms with van der Waals surface area (Å²) in [5.74, 6) is 0.440. The van der Waals surface area contributed by atoms with E-state index in [4.69, 9.17) is 42.1 Å². The fourth-order valence-electron chi connectivity index (χ4n) is 6.66. The lowest BCUT2D eigenvalue weighted by Gasteiger charge is -2.44. The highest BCUT2D eigenvalue weighted by Crippen LogP contribution is 2.36. The number of rotatable bonds is 13. The minimum absolute atomic E-state index is 0.0848. The molecule has 3 atom stereocenters. The fourth-order valence-corrected chi connectivity index (χ4v) is 7.26. The highest BCUT2D eigenvalue weighted by atomic mass is 35.5. The van der Waals surface area contributed by atoms with Crippen molar-refractivity contribution in [3.63, 3.8) is 0 Å². The van der Waals surface area contributed by atoms with Crippen molar-refractivity contribution in [2.75, 3.05) is 33.9 Å². The number of nitrogens with zero attached hydrogens (tertiary/aromatic N) is 2. The molecule has 0 amide bonds. The largest absolute Gasteiger partial charge is 0.619 e. The standard InChI is InChI=1S/C38H39Cl2N3O7/c1-47-32-12-11-27(18-34(32)48-2)33(19-29-30(39)21-43(46)22-31(29)40)49-37(44)28-10-6-7-24(17-28)20-41-36(26-8-4-3-5-9-26)38(45)50-35-23-42-15-13-25(35)14-16-42/h3-12,17-18,21-22,25,33,35-36,41H,13-16,19-20,23H2,1-2H3/t33?,35-,36-/m0/s1. The number of benzene rings is 3. The lowest BCUT2D eigenvalue weighted by atomic mass is 9.86. The van der Waals surface area contributed by atoms with Gasteiger partial charge in [-0.05, 0) is 72.8 Å². The van der Waals surface area contributed by atoms with E-state index in [0.29, 0.717) is 45.4 Å². The van der Waals surface area contributed by atoms with Crippen LogP contribution < -0.4 is 19.5 Å². The molecule has 4 heterocycles. The number of carbonyl (C=O) groups is 2. The summed E-state index contributed by atoms with van der Waals surface area (Å²) in [6.45, 7) is 3.18. The van der Waals surface area contributed by atoms with Gasteiger partial charge in [-0.1, -0.05) is 71.7 Å². The van der Waals surface area contributed by atoms with Gasteiger partial charge in [0.25, 0.3) is 0 Å². The second-order valence-corrected chi connectivity index (χ2v) is 13.4. The highest BCUT2D eigenvalue weighted by molar-refractivity contribution is 6.35. The van der Waals surface area contributed by atoms with Gasteiger partial charge in [0.2, 0.25) is 0 Å². The van der Waals surface area contributed by atoms with Crippen molar-refractivity contribution in [3.05, 3.63) is 128 Å². The van der Waals surface area contributed by atoms with E-state index in [2.05, 4.69) is 10.2 Å². The van der Waals surface area contributed by atoms with Crippen molar-refractivity contribution in [1.29, 1.82) is 0 Å². The Morgan fingerprint density at radius 2 is 1.64 bits per heavy atom. The second-order valence-electron chi connectivity index (χ2n) is 12.5. The Kier molecular flexibility index (Phi) is 11.4. The number of halogens is 2. The van der Waals surface area contributed by atoms with Gasteiger partial charge in [-0.15, -0.1) is 0 Å². The molecule has 0 radical (unpaired) electrons. The van der Waals surface area contributed by atoms with Gasteiger partial charge in [-0.25, -0.2) is 9.59 Å². The molecule has 0 aliphatic carbocycles. The zero-order chi connectivity index (χ0) is 35.2. The third kappa shape index (κ3) is 8.33. The normalized spacial score (nSPS) is 19.3. The third-order valence-electron chi connectivity index (χ3n) is 9.38. The van der Waals surface area contributed by atoms with E-state index in [1.54, 1.807) is 36.4 Å². The Balaban J connectivity index is 1.20. The number of hydrogen-bond donors (Lipinski definition) is 1. The predicted octanol–water partition coefficient (Wildman–Crippen LogP) is 6.25. The molecule has 1 N–H and O–H groups in total. The van der Waals surface area contributed by atoms with Gasteiger partial charge in [0.15, 0.2) is 23.9 Å². The minimum atomic E-state index is -0.856. The Morgan fingerprint density at radius 1 is 0.920 bits per heavy atom. The molecule has 3 fully saturated rings. The van der Waals surface area contributed by atoms with Crippen LogP contribution in [0.25, 0.3) is 0 Å². The van der Waals surface area contributed by atoms with E-state index in [-0.39, 0.29) is 28.5 Å². The van der Waals surface area contributed by atoms with Gasteiger partial charge in [-0.2, -0.15) is 4.73 Å². The van der Waals surface area contributed by atoms with Gasteiger partial charge < -0.3 is 24.2 Å². The Hall–Kier alpha value is -4.35. The van der Waals surface area contributed by atoms with Crippen LogP contribution >= 0.6 is 23.2 Å². The van der Waals surface area contributed by atoms with Crippen molar-refractivity contribution >= 4 is 35.1 Å². The number of nitrogens with one attached hydrogen (secondary N) is 1. The molecule has 50 heavy (non-hydrogen) atoms. The molecule has 12 heteroatoms. The van der Waals surface area contributed by atoms with Crippen LogP contribution in [0.5, 0.6) is 11.5 Å². The van der Waals surface area contributed by atoms with Crippen LogP contribution in [0.1, 0.15) is 57.6 Å². The fraction of sp³-hybridized carbons (Fsp3) is 0.342. The smallest absolute Gasteiger partial charge is 0.338 e.